The molecule has 5 nitrogen and oxygen atoms in total. The first-order valence-electron chi connectivity index (χ1n) is 8.42. The quantitative estimate of drug-likeness (QED) is 0.634. The third kappa shape index (κ3) is 3.89. The largest absolute Gasteiger partial charge is 0.465 e. The van der Waals surface area contributed by atoms with Gasteiger partial charge < -0.3 is 9.84 Å². The number of alkyl halides is 1. The molecule has 0 aliphatic carbocycles. The SMILES string of the molecule is CC(C)(CCl)C(O)C(Oc1ccccc1-c1ccccc1)n1cncn1. The smallest absolute Gasteiger partial charge is 0.219 e. The van der Waals surface area contributed by atoms with Gasteiger partial charge in [0.25, 0.3) is 0 Å². The average molecular weight is 372 g/mol. The predicted molar refractivity (Wildman–Crippen MR) is 102 cm³/mol. The fraction of sp³-hybridized carbons (Fsp3) is 0.300. The van der Waals surface area contributed by atoms with Crippen molar-refractivity contribution >= 4 is 11.6 Å². The zero-order chi connectivity index (χ0) is 18.6. The second-order valence-corrected chi connectivity index (χ2v) is 7.08. The molecular weight excluding hydrogens is 350 g/mol. The maximum atomic E-state index is 10.9. The van der Waals surface area contributed by atoms with Crippen LogP contribution in [0.2, 0.25) is 0 Å². The molecule has 0 spiro atoms. The van der Waals surface area contributed by atoms with Gasteiger partial charge in [-0.15, -0.1) is 11.6 Å². The van der Waals surface area contributed by atoms with Crippen LogP contribution in [0.25, 0.3) is 11.1 Å². The van der Waals surface area contributed by atoms with Gasteiger partial charge in [0.1, 0.15) is 24.5 Å². The Labute approximate surface area is 158 Å². The van der Waals surface area contributed by atoms with Crippen LogP contribution in [0.1, 0.15) is 20.1 Å². The Hall–Kier alpha value is -2.37. The first-order valence-corrected chi connectivity index (χ1v) is 8.95. The molecule has 0 aliphatic rings. The van der Waals surface area contributed by atoms with Crippen LogP contribution >= 0.6 is 11.6 Å². The summed E-state index contributed by atoms with van der Waals surface area (Å²) in [6, 6.07) is 17.7. The van der Waals surface area contributed by atoms with Crippen LogP contribution in [0.4, 0.5) is 0 Å². The second-order valence-electron chi connectivity index (χ2n) is 6.81. The molecular formula is C20H22ClN3O2. The molecule has 2 aromatic carbocycles. The molecule has 0 radical (unpaired) electrons. The molecule has 0 bridgehead atoms. The van der Waals surface area contributed by atoms with Gasteiger partial charge in [-0.2, -0.15) is 5.10 Å². The molecule has 6 heteroatoms. The van der Waals surface area contributed by atoms with Gasteiger partial charge in [-0.05, 0) is 11.6 Å². The minimum absolute atomic E-state index is 0.281. The van der Waals surface area contributed by atoms with Crippen molar-refractivity contribution in [2.24, 2.45) is 5.41 Å². The number of aliphatic hydroxyl groups excluding tert-OH is 1. The fourth-order valence-electron chi connectivity index (χ4n) is 2.63. The molecule has 0 saturated heterocycles. The number of benzene rings is 2. The van der Waals surface area contributed by atoms with Gasteiger partial charge in [0.2, 0.25) is 6.23 Å². The Kier molecular flexibility index (Phi) is 5.59. The lowest BCUT2D eigenvalue weighted by molar-refractivity contribution is -0.0716. The van der Waals surface area contributed by atoms with Gasteiger partial charge in [-0.25, -0.2) is 9.67 Å². The number of rotatable bonds is 7. The number of hydrogen-bond acceptors (Lipinski definition) is 4. The summed E-state index contributed by atoms with van der Waals surface area (Å²) in [5, 5.41) is 15.1. The molecule has 26 heavy (non-hydrogen) atoms. The van der Waals surface area contributed by atoms with E-state index in [4.69, 9.17) is 16.3 Å². The van der Waals surface area contributed by atoms with E-state index in [-0.39, 0.29) is 5.88 Å². The molecule has 3 rings (SSSR count). The summed E-state index contributed by atoms with van der Waals surface area (Å²) >= 11 is 6.06. The van der Waals surface area contributed by atoms with Crippen LogP contribution < -0.4 is 4.74 Å². The highest BCUT2D eigenvalue weighted by atomic mass is 35.5. The summed E-state index contributed by atoms with van der Waals surface area (Å²) in [7, 11) is 0. The summed E-state index contributed by atoms with van der Waals surface area (Å²) in [5.41, 5.74) is 1.40. The minimum atomic E-state index is -0.884. The summed E-state index contributed by atoms with van der Waals surface area (Å²) in [6.07, 6.45) is 1.31. The van der Waals surface area contributed by atoms with Gasteiger partial charge in [-0.1, -0.05) is 62.4 Å². The summed E-state index contributed by atoms with van der Waals surface area (Å²) in [6.45, 7) is 3.78. The second kappa shape index (κ2) is 7.89. The zero-order valence-corrected chi connectivity index (χ0v) is 15.5. The van der Waals surface area contributed by atoms with E-state index in [2.05, 4.69) is 10.1 Å². The maximum Gasteiger partial charge on any atom is 0.219 e. The number of aliphatic hydroxyl groups is 1. The standard InChI is InChI=1S/C20H22ClN3O2/c1-20(2,12-21)18(25)19(24-14-22-13-23-24)26-17-11-7-6-10-16(17)15-8-4-3-5-9-15/h3-11,13-14,18-19,25H,12H2,1-2H3. The Morgan fingerprint density at radius 1 is 1.12 bits per heavy atom. The first-order chi connectivity index (χ1) is 12.5. The monoisotopic (exact) mass is 371 g/mol. The normalized spacial score (nSPS) is 14.0. The molecule has 0 saturated carbocycles. The molecule has 1 aromatic heterocycles. The Balaban J connectivity index is 1.99. The number of hydrogen-bond donors (Lipinski definition) is 1. The molecule has 2 atom stereocenters. The average Bonchev–Trinajstić information content (AvgIpc) is 3.21. The van der Waals surface area contributed by atoms with Crippen molar-refractivity contribution in [3.63, 3.8) is 0 Å². The van der Waals surface area contributed by atoms with Crippen molar-refractivity contribution in [1.29, 1.82) is 0 Å². The molecule has 0 fully saturated rings. The van der Waals surface area contributed by atoms with Crippen molar-refractivity contribution in [1.82, 2.24) is 14.8 Å². The van der Waals surface area contributed by atoms with Crippen molar-refractivity contribution in [3.05, 3.63) is 67.3 Å². The highest BCUT2D eigenvalue weighted by Gasteiger charge is 2.37. The van der Waals surface area contributed by atoms with Gasteiger partial charge in [-0.3, -0.25) is 0 Å². The molecule has 3 aromatic rings. The maximum absolute atomic E-state index is 10.9. The predicted octanol–water partition coefficient (Wildman–Crippen LogP) is 4.15. The van der Waals surface area contributed by atoms with E-state index in [0.717, 1.165) is 11.1 Å². The van der Waals surface area contributed by atoms with E-state index < -0.39 is 17.7 Å². The van der Waals surface area contributed by atoms with Crippen molar-refractivity contribution in [2.45, 2.75) is 26.2 Å². The van der Waals surface area contributed by atoms with Crippen LogP contribution in [0.5, 0.6) is 5.75 Å². The van der Waals surface area contributed by atoms with Crippen molar-refractivity contribution in [2.75, 3.05) is 5.88 Å². The number of nitrogens with zero attached hydrogens (tertiary/aromatic N) is 3. The Morgan fingerprint density at radius 3 is 2.46 bits per heavy atom. The van der Waals surface area contributed by atoms with Crippen LogP contribution in [0.15, 0.2) is 67.3 Å². The van der Waals surface area contributed by atoms with Crippen LogP contribution in [-0.4, -0.2) is 31.9 Å². The number of aromatic nitrogens is 3. The molecule has 0 aliphatic heterocycles. The lowest BCUT2D eigenvalue weighted by Crippen LogP contribution is -2.41. The minimum Gasteiger partial charge on any atom is -0.465 e. The van der Waals surface area contributed by atoms with Crippen LogP contribution in [0, 0.1) is 5.41 Å². The van der Waals surface area contributed by atoms with Gasteiger partial charge in [0, 0.05) is 16.9 Å². The Morgan fingerprint density at radius 2 is 1.81 bits per heavy atom. The van der Waals surface area contributed by atoms with Crippen LogP contribution in [0.3, 0.4) is 0 Å². The highest BCUT2D eigenvalue weighted by Crippen LogP contribution is 2.36. The molecule has 0 amide bonds. The van der Waals surface area contributed by atoms with E-state index in [0.29, 0.717) is 5.75 Å². The summed E-state index contributed by atoms with van der Waals surface area (Å²) in [5.74, 6) is 0.937. The van der Waals surface area contributed by atoms with E-state index in [1.807, 2.05) is 68.4 Å². The molecule has 1 N–H and O–H groups in total. The number of halogens is 1. The topological polar surface area (TPSA) is 60.2 Å². The van der Waals surface area contributed by atoms with Gasteiger partial charge in [0.15, 0.2) is 0 Å². The summed E-state index contributed by atoms with van der Waals surface area (Å²) in [4.78, 5) is 3.98. The Bertz CT molecular complexity index is 822. The molecule has 2 unspecified atom stereocenters. The fourth-order valence-corrected chi connectivity index (χ4v) is 2.79. The highest BCUT2D eigenvalue weighted by molar-refractivity contribution is 6.18. The number of ether oxygens (including phenoxy) is 1. The van der Waals surface area contributed by atoms with Gasteiger partial charge in [0.05, 0.1) is 0 Å². The molecule has 136 valence electrons. The number of para-hydroxylation sites is 1. The zero-order valence-electron chi connectivity index (χ0n) is 14.8. The van der Waals surface area contributed by atoms with E-state index in [1.54, 1.807) is 0 Å². The van der Waals surface area contributed by atoms with Crippen molar-refractivity contribution in [3.8, 4) is 16.9 Å². The third-order valence-corrected chi connectivity index (χ3v) is 5.02. The van der Waals surface area contributed by atoms with Crippen molar-refractivity contribution < 1.29 is 9.84 Å². The van der Waals surface area contributed by atoms with Gasteiger partial charge >= 0.3 is 0 Å². The lowest BCUT2D eigenvalue weighted by Gasteiger charge is -2.34. The van der Waals surface area contributed by atoms with E-state index >= 15 is 0 Å². The summed E-state index contributed by atoms with van der Waals surface area (Å²) < 4.78 is 7.76. The van der Waals surface area contributed by atoms with E-state index in [9.17, 15) is 5.11 Å². The van der Waals surface area contributed by atoms with E-state index in [1.165, 1.54) is 17.3 Å². The lowest BCUT2D eigenvalue weighted by atomic mass is 9.87. The van der Waals surface area contributed by atoms with Crippen LogP contribution in [-0.2, 0) is 0 Å². The third-order valence-electron chi connectivity index (χ3n) is 4.33. The first kappa shape index (κ1) is 18.4. The molecule has 1 heterocycles.